The number of aliphatic hydroxyl groups excluding tert-OH is 1. The number of urea groups is 1. The number of rotatable bonds is 5. The topological polar surface area (TPSA) is 81.7 Å². The van der Waals surface area contributed by atoms with E-state index < -0.39 is 5.54 Å². The molecule has 1 aromatic carbocycles. The Kier molecular flexibility index (Phi) is 5.26. The number of aliphatic hydroxyl groups is 1. The first-order valence-corrected chi connectivity index (χ1v) is 7.86. The molecule has 0 aliphatic carbocycles. The molecule has 2 unspecified atom stereocenters. The summed E-state index contributed by atoms with van der Waals surface area (Å²) in [6, 6.07) is 9.23. The van der Waals surface area contributed by atoms with E-state index in [1.807, 2.05) is 37.3 Å². The fraction of sp³-hybridized carbons (Fsp3) is 0.529. The average Bonchev–Trinajstić information content (AvgIpc) is 2.87. The van der Waals surface area contributed by atoms with E-state index in [0.29, 0.717) is 13.0 Å². The highest BCUT2D eigenvalue weighted by Crippen LogP contribution is 2.25. The smallest absolute Gasteiger partial charge is 0.315 e. The number of carbonyl (C=O) groups is 2. The molecule has 3 N–H and O–H groups in total. The number of likely N-dealkylation sites (tertiary alicyclic amines) is 1. The first-order valence-electron chi connectivity index (χ1n) is 7.86. The molecule has 126 valence electrons. The Morgan fingerprint density at radius 2 is 2.04 bits per heavy atom. The zero-order valence-corrected chi connectivity index (χ0v) is 13.9. The van der Waals surface area contributed by atoms with Gasteiger partial charge < -0.3 is 20.6 Å². The van der Waals surface area contributed by atoms with Gasteiger partial charge >= 0.3 is 6.03 Å². The van der Waals surface area contributed by atoms with E-state index in [9.17, 15) is 14.7 Å². The lowest BCUT2D eigenvalue weighted by molar-refractivity contribution is -0.129. The normalized spacial score (nSPS) is 19.6. The van der Waals surface area contributed by atoms with Crippen LogP contribution < -0.4 is 10.6 Å². The highest BCUT2D eigenvalue weighted by molar-refractivity contribution is 5.82. The van der Waals surface area contributed by atoms with Crippen LogP contribution in [0.1, 0.15) is 38.8 Å². The van der Waals surface area contributed by atoms with E-state index in [1.165, 1.54) is 0 Å². The van der Waals surface area contributed by atoms with E-state index in [1.54, 1.807) is 18.7 Å². The molecule has 2 atom stereocenters. The SMILES string of the molecule is CC(c1ccccc1)N1CC(NC(=O)NC(C)(C)CO)CC1=O. The zero-order valence-electron chi connectivity index (χ0n) is 13.9. The van der Waals surface area contributed by atoms with Crippen molar-refractivity contribution < 1.29 is 14.7 Å². The predicted molar refractivity (Wildman–Crippen MR) is 87.8 cm³/mol. The van der Waals surface area contributed by atoms with Crippen molar-refractivity contribution in [3.63, 3.8) is 0 Å². The van der Waals surface area contributed by atoms with E-state index >= 15 is 0 Å². The molecule has 23 heavy (non-hydrogen) atoms. The molecule has 0 spiro atoms. The lowest BCUT2D eigenvalue weighted by atomic mass is 10.1. The molecule has 6 nitrogen and oxygen atoms in total. The molecule has 3 amide bonds. The fourth-order valence-corrected chi connectivity index (χ4v) is 2.68. The highest BCUT2D eigenvalue weighted by atomic mass is 16.3. The molecule has 1 aromatic rings. The third-order valence-corrected chi connectivity index (χ3v) is 4.09. The van der Waals surface area contributed by atoms with Gasteiger partial charge in [-0.2, -0.15) is 0 Å². The molecule has 1 heterocycles. The molecule has 0 saturated carbocycles. The van der Waals surface area contributed by atoms with Crippen LogP contribution in [0.25, 0.3) is 0 Å². The van der Waals surface area contributed by atoms with Gasteiger partial charge in [-0.25, -0.2) is 4.79 Å². The number of hydrogen-bond acceptors (Lipinski definition) is 3. The van der Waals surface area contributed by atoms with Gasteiger partial charge in [-0.15, -0.1) is 0 Å². The number of amides is 3. The summed E-state index contributed by atoms with van der Waals surface area (Å²) in [5, 5.41) is 14.7. The highest BCUT2D eigenvalue weighted by Gasteiger charge is 2.34. The number of carbonyl (C=O) groups excluding carboxylic acids is 2. The quantitative estimate of drug-likeness (QED) is 0.768. The lowest BCUT2D eigenvalue weighted by Crippen LogP contribution is -2.53. The number of nitrogens with zero attached hydrogens (tertiary/aromatic N) is 1. The maximum absolute atomic E-state index is 12.2. The van der Waals surface area contributed by atoms with Crippen molar-refractivity contribution in [3.05, 3.63) is 35.9 Å². The van der Waals surface area contributed by atoms with E-state index in [4.69, 9.17) is 0 Å². The average molecular weight is 319 g/mol. The second-order valence-electron chi connectivity index (χ2n) is 6.67. The van der Waals surface area contributed by atoms with Crippen molar-refractivity contribution in [2.45, 2.75) is 44.8 Å². The second-order valence-corrected chi connectivity index (χ2v) is 6.67. The van der Waals surface area contributed by atoms with E-state index in [0.717, 1.165) is 5.56 Å². The Morgan fingerprint density at radius 1 is 1.39 bits per heavy atom. The van der Waals surface area contributed by atoms with Crippen LogP contribution in [0.2, 0.25) is 0 Å². The maximum atomic E-state index is 12.2. The van der Waals surface area contributed by atoms with Crippen molar-refractivity contribution in [2.24, 2.45) is 0 Å². The minimum atomic E-state index is -0.691. The largest absolute Gasteiger partial charge is 0.394 e. The summed E-state index contributed by atoms with van der Waals surface area (Å²) < 4.78 is 0. The Morgan fingerprint density at radius 3 is 2.65 bits per heavy atom. The zero-order chi connectivity index (χ0) is 17.0. The fourth-order valence-electron chi connectivity index (χ4n) is 2.68. The predicted octanol–water partition coefficient (Wildman–Crippen LogP) is 1.42. The van der Waals surface area contributed by atoms with Crippen LogP contribution in [-0.4, -0.2) is 46.7 Å². The van der Waals surface area contributed by atoms with Crippen LogP contribution in [-0.2, 0) is 4.79 Å². The van der Waals surface area contributed by atoms with Gasteiger partial charge in [0, 0.05) is 13.0 Å². The molecule has 0 aromatic heterocycles. The van der Waals surface area contributed by atoms with Crippen LogP contribution in [0.4, 0.5) is 4.79 Å². The summed E-state index contributed by atoms with van der Waals surface area (Å²) in [4.78, 5) is 26.0. The number of benzene rings is 1. The van der Waals surface area contributed by atoms with Crippen molar-refractivity contribution in [1.29, 1.82) is 0 Å². The Labute approximate surface area is 136 Å². The maximum Gasteiger partial charge on any atom is 0.315 e. The molecular weight excluding hydrogens is 294 g/mol. The van der Waals surface area contributed by atoms with Crippen LogP contribution in [0.3, 0.4) is 0 Å². The van der Waals surface area contributed by atoms with Gasteiger partial charge in [-0.3, -0.25) is 4.79 Å². The van der Waals surface area contributed by atoms with Crippen LogP contribution in [0.5, 0.6) is 0 Å². The second kappa shape index (κ2) is 7.00. The van der Waals surface area contributed by atoms with E-state index in [2.05, 4.69) is 10.6 Å². The molecule has 0 bridgehead atoms. The number of nitrogens with one attached hydrogen (secondary N) is 2. The molecule has 1 fully saturated rings. The van der Waals surface area contributed by atoms with Crippen molar-refractivity contribution in [2.75, 3.05) is 13.2 Å². The van der Waals surface area contributed by atoms with Gasteiger partial charge in [0.1, 0.15) is 0 Å². The van der Waals surface area contributed by atoms with Gasteiger partial charge in [0.2, 0.25) is 5.91 Å². The first-order chi connectivity index (χ1) is 10.8. The molecule has 1 aliphatic rings. The standard InChI is InChI=1S/C17H25N3O3/c1-12(13-7-5-4-6-8-13)20-10-14(9-15(20)22)18-16(23)19-17(2,3)11-21/h4-8,12,14,21H,9-11H2,1-3H3,(H2,18,19,23). The third kappa shape index (κ3) is 4.45. The third-order valence-electron chi connectivity index (χ3n) is 4.09. The number of hydrogen-bond donors (Lipinski definition) is 3. The summed E-state index contributed by atoms with van der Waals surface area (Å²) in [6.45, 7) is 5.79. The minimum absolute atomic E-state index is 0.0209. The van der Waals surface area contributed by atoms with Crippen molar-refractivity contribution in [1.82, 2.24) is 15.5 Å². The van der Waals surface area contributed by atoms with Crippen LogP contribution in [0.15, 0.2) is 30.3 Å². The lowest BCUT2D eigenvalue weighted by Gasteiger charge is -2.26. The summed E-state index contributed by atoms with van der Waals surface area (Å²) in [6.07, 6.45) is 0.296. The van der Waals surface area contributed by atoms with Crippen LogP contribution >= 0.6 is 0 Å². The van der Waals surface area contributed by atoms with Gasteiger partial charge in [-0.05, 0) is 26.3 Å². The Balaban J connectivity index is 1.94. The molecule has 1 saturated heterocycles. The van der Waals surface area contributed by atoms with Gasteiger partial charge in [0.15, 0.2) is 0 Å². The van der Waals surface area contributed by atoms with Gasteiger partial charge in [0.05, 0.1) is 24.2 Å². The minimum Gasteiger partial charge on any atom is -0.394 e. The molecule has 0 radical (unpaired) electrons. The first kappa shape index (κ1) is 17.3. The van der Waals surface area contributed by atoms with Crippen LogP contribution in [0, 0.1) is 0 Å². The summed E-state index contributed by atoms with van der Waals surface area (Å²) in [5.41, 5.74) is 0.386. The molecular formula is C17H25N3O3. The van der Waals surface area contributed by atoms with Gasteiger partial charge in [-0.1, -0.05) is 30.3 Å². The molecule has 1 aliphatic heterocycles. The summed E-state index contributed by atoms with van der Waals surface area (Å²) in [7, 11) is 0. The molecule has 6 heteroatoms. The van der Waals surface area contributed by atoms with Crippen molar-refractivity contribution >= 4 is 11.9 Å². The van der Waals surface area contributed by atoms with Gasteiger partial charge in [0.25, 0.3) is 0 Å². The monoisotopic (exact) mass is 319 g/mol. The summed E-state index contributed by atoms with van der Waals surface area (Å²) >= 11 is 0. The summed E-state index contributed by atoms with van der Waals surface area (Å²) in [5.74, 6) is 0.0353. The Hall–Kier alpha value is -2.08. The van der Waals surface area contributed by atoms with Crippen molar-refractivity contribution in [3.8, 4) is 0 Å². The Bertz CT molecular complexity index is 559. The van der Waals surface area contributed by atoms with E-state index in [-0.39, 0.29) is 30.6 Å². The molecule has 2 rings (SSSR count).